The maximum Gasteiger partial charge on any atom is 0.230 e. The van der Waals surface area contributed by atoms with Gasteiger partial charge in [0.25, 0.3) is 0 Å². The van der Waals surface area contributed by atoms with Crippen LogP contribution in [0.15, 0.2) is 24.3 Å². The van der Waals surface area contributed by atoms with E-state index in [9.17, 15) is 4.79 Å². The molecule has 0 radical (unpaired) electrons. The molecule has 21 heavy (non-hydrogen) atoms. The lowest BCUT2D eigenvalue weighted by atomic mass is 9.73. The quantitative estimate of drug-likeness (QED) is 0.792. The van der Waals surface area contributed by atoms with E-state index in [2.05, 4.69) is 5.32 Å². The van der Waals surface area contributed by atoms with Gasteiger partial charge in [0.05, 0.1) is 5.41 Å². The van der Waals surface area contributed by atoms with Gasteiger partial charge >= 0.3 is 0 Å². The number of rotatable bonds is 6. The lowest BCUT2D eigenvalue weighted by Gasteiger charge is -2.36. The fourth-order valence-electron chi connectivity index (χ4n) is 2.79. The van der Waals surface area contributed by atoms with Gasteiger partial charge in [-0.05, 0) is 49.9 Å². The van der Waals surface area contributed by atoms with E-state index in [1.807, 2.05) is 24.3 Å². The number of carbonyl (C=O) groups excluding carboxylic acids is 1. The molecule has 0 saturated carbocycles. The van der Waals surface area contributed by atoms with Gasteiger partial charge in [-0.25, -0.2) is 0 Å². The van der Waals surface area contributed by atoms with Crippen LogP contribution in [0.1, 0.15) is 31.2 Å². The summed E-state index contributed by atoms with van der Waals surface area (Å²) in [7, 11) is 0. The van der Waals surface area contributed by atoms with Crippen LogP contribution in [0.4, 0.5) is 0 Å². The number of ether oxygens (including phenoxy) is 1. The maximum absolute atomic E-state index is 12.8. The molecule has 1 saturated heterocycles. The summed E-state index contributed by atoms with van der Waals surface area (Å²) in [5, 5.41) is 3.71. The van der Waals surface area contributed by atoms with Gasteiger partial charge in [-0.1, -0.05) is 23.7 Å². The van der Waals surface area contributed by atoms with Crippen molar-refractivity contribution in [3.8, 4) is 0 Å². The minimum atomic E-state index is -0.522. The summed E-state index contributed by atoms with van der Waals surface area (Å²) in [6, 6.07) is 7.61. The predicted molar refractivity (Wildman–Crippen MR) is 84.5 cm³/mol. The van der Waals surface area contributed by atoms with Crippen LogP contribution in [0.3, 0.4) is 0 Å². The van der Waals surface area contributed by atoms with Gasteiger partial charge in [-0.3, -0.25) is 4.79 Å². The number of benzene rings is 1. The molecular formula is C16H23ClN2O2. The molecule has 1 aliphatic heterocycles. The second kappa shape index (κ2) is 7.78. The molecule has 0 atom stereocenters. The fourth-order valence-corrected chi connectivity index (χ4v) is 2.98. The molecule has 1 amide bonds. The Bertz CT molecular complexity index is 473. The van der Waals surface area contributed by atoms with Gasteiger partial charge in [0.1, 0.15) is 0 Å². The Morgan fingerprint density at radius 2 is 2.10 bits per heavy atom. The zero-order chi connectivity index (χ0) is 15.1. The van der Waals surface area contributed by atoms with Crippen molar-refractivity contribution < 1.29 is 9.53 Å². The molecule has 1 aromatic carbocycles. The lowest BCUT2D eigenvalue weighted by molar-refractivity contribution is -0.130. The molecule has 0 bridgehead atoms. The highest BCUT2D eigenvalue weighted by molar-refractivity contribution is 6.30. The van der Waals surface area contributed by atoms with Crippen LogP contribution in [0.2, 0.25) is 5.02 Å². The van der Waals surface area contributed by atoms with E-state index in [0.29, 0.717) is 44.2 Å². The number of carbonyl (C=O) groups is 1. The number of halogens is 1. The van der Waals surface area contributed by atoms with E-state index in [1.165, 1.54) is 0 Å². The zero-order valence-electron chi connectivity index (χ0n) is 12.2. The van der Waals surface area contributed by atoms with Gasteiger partial charge in [0.15, 0.2) is 0 Å². The molecule has 4 nitrogen and oxygen atoms in total. The van der Waals surface area contributed by atoms with Crippen LogP contribution >= 0.6 is 11.6 Å². The van der Waals surface area contributed by atoms with E-state index in [-0.39, 0.29) is 5.91 Å². The molecule has 0 aliphatic carbocycles. The SMILES string of the molecule is NCCCCNC(=O)C1(c2cccc(Cl)c2)CCOCC1. The maximum atomic E-state index is 12.8. The Hall–Kier alpha value is -1.10. The van der Waals surface area contributed by atoms with Gasteiger partial charge in [-0.2, -0.15) is 0 Å². The number of hydrogen-bond acceptors (Lipinski definition) is 3. The van der Waals surface area contributed by atoms with Gasteiger partial charge in [-0.15, -0.1) is 0 Å². The average Bonchev–Trinajstić information content (AvgIpc) is 2.52. The first-order valence-corrected chi connectivity index (χ1v) is 7.89. The second-order valence-corrected chi connectivity index (χ2v) is 5.89. The molecule has 1 fully saturated rings. The third kappa shape index (κ3) is 3.96. The molecule has 1 aliphatic rings. The average molecular weight is 311 g/mol. The van der Waals surface area contributed by atoms with Gasteiger partial charge in [0.2, 0.25) is 5.91 Å². The van der Waals surface area contributed by atoms with Crippen LogP contribution in [-0.4, -0.2) is 32.2 Å². The Labute approximate surface area is 131 Å². The molecule has 0 aromatic heterocycles. The molecular weight excluding hydrogens is 288 g/mol. The number of amides is 1. The van der Waals surface area contributed by atoms with Crippen molar-refractivity contribution in [1.82, 2.24) is 5.32 Å². The topological polar surface area (TPSA) is 64.3 Å². The summed E-state index contributed by atoms with van der Waals surface area (Å²) < 4.78 is 5.44. The zero-order valence-corrected chi connectivity index (χ0v) is 13.0. The Morgan fingerprint density at radius 1 is 1.33 bits per heavy atom. The lowest BCUT2D eigenvalue weighted by Crippen LogP contribution is -2.48. The molecule has 1 aromatic rings. The number of hydrogen-bond donors (Lipinski definition) is 2. The number of nitrogens with one attached hydrogen (secondary N) is 1. The largest absolute Gasteiger partial charge is 0.381 e. The van der Waals surface area contributed by atoms with E-state index >= 15 is 0 Å². The first-order valence-electron chi connectivity index (χ1n) is 7.51. The molecule has 0 spiro atoms. The van der Waals surface area contributed by atoms with Crippen molar-refractivity contribution in [3.05, 3.63) is 34.9 Å². The van der Waals surface area contributed by atoms with E-state index in [0.717, 1.165) is 18.4 Å². The van der Waals surface area contributed by atoms with Crippen LogP contribution in [0, 0.1) is 0 Å². The summed E-state index contributed by atoms with van der Waals surface area (Å²) in [6.45, 7) is 2.52. The highest BCUT2D eigenvalue weighted by Gasteiger charge is 2.41. The Balaban J connectivity index is 2.15. The summed E-state index contributed by atoms with van der Waals surface area (Å²) in [5.74, 6) is 0.0742. The molecule has 116 valence electrons. The Kier molecular flexibility index (Phi) is 6.03. The smallest absolute Gasteiger partial charge is 0.230 e. The molecule has 5 heteroatoms. The highest BCUT2D eigenvalue weighted by atomic mass is 35.5. The summed E-state index contributed by atoms with van der Waals surface area (Å²) in [5.41, 5.74) is 5.94. The fraction of sp³-hybridized carbons (Fsp3) is 0.562. The minimum Gasteiger partial charge on any atom is -0.381 e. The third-order valence-electron chi connectivity index (χ3n) is 4.07. The van der Waals surface area contributed by atoms with Crippen LogP contribution in [0.25, 0.3) is 0 Å². The molecule has 0 unspecified atom stereocenters. The van der Waals surface area contributed by atoms with Crippen LogP contribution in [0.5, 0.6) is 0 Å². The third-order valence-corrected chi connectivity index (χ3v) is 4.31. The number of unbranched alkanes of at least 4 members (excludes halogenated alkanes) is 1. The second-order valence-electron chi connectivity index (χ2n) is 5.46. The summed E-state index contributed by atoms with van der Waals surface area (Å²) >= 11 is 6.10. The van der Waals surface area contributed by atoms with Crippen LogP contribution < -0.4 is 11.1 Å². The van der Waals surface area contributed by atoms with Crippen molar-refractivity contribution in [2.24, 2.45) is 5.73 Å². The van der Waals surface area contributed by atoms with E-state index in [4.69, 9.17) is 22.1 Å². The van der Waals surface area contributed by atoms with Gasteiger partial charge < -0.3 is 15.8 Å². The standard InChI is InChI=1S/C16H23ClN2O2/c17-14-5-3-4-13(12-14)16(6-10-21-11-7-16)15(20)19-9-2-1-8-18/h3-5,12H,1-2,6-11,18H2,(H,19,20). The van der Waals surface area contributed by atoms with Crippen LogP contribution in [-0.2, 0) is 14.9 Å². The monoisotopic (exact) mass is 310 g/mol. The molecule has 3 N–H and O–H groups in total. The van der Waals surface area contributed by atoms with Crippen molar-refractivity contribution in [2.75, 3.05) is 26.3 Å². The summed E-state index contributed by atoms with van der Waals surface area (Å²) in [4.78, 5) is 12.8. The van der Waals surface area contributed by atoms with Crippen molar-refractivity contribution >= 4 is 17.5 Å². The highest BCUT2D eigenvalue weighted by Crippen LogP contribution is 2.36. The number of nitrogens with two attached hydrogens (primary N) is 1. The van der Waals surface area contributed by atoms with E-state index < -0.39 is 5.41 Å². The first kappa shape index (κ1) is 16.3. The molecule has 1 heterocycles. The molecule has 2 rings (SSSR count). The van der Waals surface area contributed by atoms with Crippen molar-refractivity contribution in [2.45, 2.75) is 31.1 Å². The normalized spacial score (nSPS) is 17.4. The Morgan fingerprint density at radius 3 is 2.76 bits per heavy atom. The minimum absolute atomic E-state index is 0.0742. The first-order chi connectivity index (χ1) is 10.2. The van der Waals surface area contributed by atoms with E-state index in [1.54, 1.807) is 0 Å². The predicted octanol–water partition coefficient (Wildman–Crippen LogP) is 2.24. The van der Waals surface area contributed by atoms with Gasteiger partial charge in [0, 0.05) is 24.8 Å². The van der Waals surface area contributed by atoms with Crippen molar-refractivity contribution in [1.29, 1.82) is 0 Å². The summed E-state index contributed by atoms with van der Waals surface area (Å²) in [6.07, 6.45) is 3.21. The van der Waals surface area contributed by atoms with Crippen molar-refractivity contribution in [3.63, 3.8) is 0 Å².